The van der Waals surface area contributed by atoms with Gasteiger partial charge >= 0.3 is 12.1 Å². The highest BCUT2D eigenvalue weighted by atomic mass is 32.1. The van der Waals surface area contributed by atoms with E-state index in [-0.39, 0.29) is 12.3 Å². The van der Waals surface area contributed by atoms with E-state index in [1.165, 1.54) is 11.3 Å². The number of nitrogens with zero attached hydrogens (tertiary/aromatic N) is 1. The number of alkyl carbamates (subject to hydrolysis) is 1. The Balaban J connectivity index is 2.05. The van der Waals surface area contributed by atoms with Crippen molar-refractivity contribution < 1.29 is 24.2 Å². The zero-order chi connectivity index (χ0) is 23.2. The molecule has 0 aliphatic rings. The van der Waals surface area contributed by atoms with Crippen LogP contribution < -0.4 is 10.6 Å². The summed E-state index contributed by atoms with van der Waals surface area (Å²) in [5, 5.41) is 17.4. The molecule has 1 aromatic carbocycles. The van der Waals surface area contributed by atoms with E-state index in [0.29, 0.717) is 0 Å². The predicted octanol–water partition coefficient (Wildman–Crippen LogP) is 3.47. The number of aromatic nitrogens is 1. The van der Waals surface area contributed by atoms with Crippen molar-refractivity contribution in [2.24, 2.45) is 5.92 Å². The Labute approximate surface area is 186 Å². The van der Waals surface area contributed by atoms with Crippen LogP contribution in [0.1, 0.15) is 40.2 Å². The molecular weight excluding hydrogens is 418 g/mol. The molecule has 0 saturated carbocycles. The zero-order valence-corrected chi connectivity index (χ0v) is 19.2. The molecule has 0 aliphatic carbocycles. The van der Waals surface area contributed by atoms with Gasteiger partial charge < -0.3 is 20.5 Å². The molecule has 2 amide bonds. The molecule has 168 valence electrons. The molecule has 2 rings (SSSR count). The highest BCUT2D eigenvalue weighted by Crippen LogP contribution is 2.22. The van der Waals surface area contributed by atoms with Crippen LogP contribution >= 0.6 is 11.3 Å². The van der Waals surface area contributed by atoms with Gasteiger partial charge in [-0.2, -0.15) is 0 Å². The minimum atomic E-state index is -1.16. The summed E-state index contributed by atoms with van der Waals surface area (Å²) in [7, 11) is 0. The summed E-state index contributed by atoms with van der Waals surface area (Å²) in [6.45, 7) is 8.68. The first-order valence-corrected chi connectivity index (χ1v) is 10.9. The number of hydrogen-bond donors (Lipinski definition) is 3. The summed E-state index contributed by atoms with van der Waals surface area (Å²) < 4.78 is 5.21. The molecule has 31 heavy (non-hydrogen) atoms. The van der Waals surface area contributed by atoms with Crippen LogP contribution in [0.15, 0.2) is 35.8 Å². The maximum atomic E-state index is 12.7. The number of rotatable bonds is 8. The lowest BCUT2D eigenvalue weighted by Crippen LogP contribution is -2.54. The SMILES string of the molecule is CC(C)[C@H](NC(=O)OC(C)(C)C)C(=O)N[C@@H](Cc1ccc(-c2nccs2)cc1)C(=O)O. The van der Waals surface area contributed by atoms with Crippen molar-refractivity contribution >= 4 is 29.3 Å². The average Bonchev–Trinajstić information content (AvgIpc) is 3.19. The fourth-order valence-electron chi connectivity index (χ4n) is 2.82. The number of hydrogen-bond acceptors (Lipinski definition) is 6. The Morgan fingerprint density at radius 1 is 1.13 bits per heavy atom. The van der Waals surface area contributed by atoms with E-state index in [9.17, 15) is 19.5 Å². The van der Waals surface area contributed by atoms with Crippen LogP contribution in [0, 0.1) is 5.92 Å². The summed E-state index contributed by atoms with van der Waals surface area (Å²) >= 11 is 1.52. The summed E-state index contributed by atoms with van der Waals surface area (Å²) in [6, 6.07) is 5.31. The number of carboxylic acids is 1. The van der Waals surface area contributed by atoms with Crippen LogP contribution in [-0.2, 0) is 20.7 Å². The Bertz CT molecular complexity index is 889. The largest absolute Gasteiger partial charge is 0.480 e. The van der Waals surface area contributed by atoms with Crippen LogP contribution in [0.2, 0.25) is 0 Å². The molecule has 2 atom stereocenters. The number of carbonyl (C=O) groups excluding carboxylic acids is 2. The summed E-state index contributed by atoms with van der Waals surface area (Å²) in [5.41, 5.74) is 0.988. The maximum absolute atomic E-state index is 12.7. The molecule has 0 aliphatic heterocycles. The first-order chi connectivity index (χ1) is 14.5. The molecule has 0 fully saturated rings. The van der Waals surface area contributed by atoms with Gasteiger partial charge in [0.1, 0.15) is 22.7 Å². The predicted molar refractivity (Wildman–Crippen MR) is 119 cm³/mol. The van der Waals surface area contributed by atoms with E-state index >= 15 is 0 Å². The number of benzene rings is 1. The van der Waals surface area contributed by atoms with Crippen molar-refractivity contribution in [3.8, 4) is 10.6 Å². The number of ether oxygens (including phenoxy) is 1. The monoisotopic (exact) mass is 447 g/mol. The molecule has 0 spiro atoms. The Hall–Kier alpha value is -2.94. The fourth-order valence-corrected chi connectivity index (χ4v) is 3.46. The van der Waals surface area contributed by atoms with E-state index in [2.05, 4.69) is 15.6 Å². The summed E-state index contributed by atoms with van der Waals surface area (Å²) in [4.78, 5) is 40.8. The minimum absolute atomic E-state index is 0.108. The molecule has 0 unspecified atom stereocenters. The lowest BCUT2D eigenvalue weighted by molar-refractivity contribution is -0.142. The number of carbonyl (C=O) groups is 3. The molecule has 3 N–H and O–H groups in total. The third-order valence-electron chi connectivity index (χ3n) is 4.31. The lowest BCUT2D eigenvalue weighted by Gasteiger charge is -2.26. The molecule has 0 radical (unpaired) electrons. The first-order valence-electron chi connectivity index (χ1n) is 9.98. The van der Waals surface area contributed by atoms with Gasteiger partial charge in [-0.25, -0.2) is 14.6 Å². The Morgan fingerprint density at radius 3 is 2.26 bits per heavy atom. The van der Waals surface area contributed by atoms with Gasteiger partial charge in [0.15, 0.2) is 0 Å². The van der Waals surface area contributed by atoms with Crippen molar-refractivity contribution in [3.05, 3.63) is 41.4 Å². The van der Waals surface area contributed by atoms with Crippen molar-refractivity contribution in [3.63, 3.8) is 0 Å². The van der Waals surface area contributed by atoms with Gasteiger partial charge in [0.2, 0.25) is 5.91 Å². The highest BCUT2D eigenvalue weighted by molar-refractivity contribution is 7.13. The lowest BCUT2D eigenvalue weighted by atomic mass is 10.0. The minimum Gasteiger partial charge on any atom is -0.480 e. The molecule has 1 heterocycles. The van der Waals surface area contributed by atoms with Gasteiger partial charge in [-0.15, -0.1) is 11.3 Å². The molecule has 0 saturated heterocycles. The average molecular weight is 448 g/mol. The number of aliphatic carboxylic acids is 1. The topological polar surface area (TPSA) is 118 Å². The van der Waals surface area contributed by atoms with Gasteiger partial charge in [-0.1, -0.05) is 38.1 Å². The molecule has 0 bridgehead atoms. The molecule has 1 aromatic heterocycles. The van der Waals surface area contributed by atoms with Crippen LogP contribution in [0.25, 0.3) is 10.6 Å². The van der Waals surface area contributed by atoms with Crippen molar-refractivity contribution in [2.45, 2.75) is 58.7 Å². The van der Waals surface area contributed by atoms with Gasteiger partial charge in [0, 0.05) is 23.6 Å². The summed E-state index contributed by atoms with van der Waals surface area (Å²) in [5.74, 6) is -2.00. The van der Waals surface area contributed by atoms with Crippen LogP contribution in [0.3, 0.4) is 0 Å². The second-order valence-corrected chi connectivity index (χ2v) is 9.40. The maximum Gasteiger partial charge on any atom is 0.408 e. The smallest absolute Gasteiger partial charge is 0.408 e. The van der Waals surface area contributed by atoms with Crippen LogP contribution in [-0.4, -0.2) is 45.7 Å². The van der Waals surface area contributed by atoms with Gasteiger partial charge in [-0.05, 0) is 32.3 Å². The molecular formula is C22H29N3O5S. The standard InChI is InChI=1S/C22H29N3O5S/c1-13(2)17(25-21(29)30-22(3,4)5)18(26)24-16(20(27)28)12-14-6-8-15(9-7-14)19-23-10-11-31-19/h6-11,13,16-17H,12H2,1-5H3,(H,24,26)(H,25,29)(H,27,28)/t16-,17-/m0/s1. The van der Waals surface area contributed by atoms with Gasteiger partial charge in [-0.3, -0.25) is 4.79 Å². The normalized spacial score (nSPS) is 13.4. The fraction of sp³-hybridized carbons (Fsp3) is 0.455. The van der Waals surface area contributed by atoms with Crippen LogP contribution in [0.5, 0.6) is 0 Å². The van der Waals surface area contributed by atoms with E-state index < -0.39 is 35.7 Å². The number of amides is 2. The number of thiazole rings is 1. The van der Waals surface area contributed by atoms with E-state index in [1.807, 2.05) is 29.6 Å². The molecule has 9 heteroatoms. The number of nitrogens with one attached hydrogen (secondary N) is 2. The van der Waals surface area contributed by atoms with Crippen molar-refractivity contribution in [2.75, 3.05) is 0 Å². The van der Waals surface area contributed by atoms with E-state index in [0.717, 1.165) is 16.1 Å². The zero-order valence-electron chi connectivity index (χ0n) is 18.3. The highest BCUT2D eigenvalue weighted by Gasteiger charge is 2.30. The second kappa shape index (κ2) is 10.4. The van der Waals surface area contributed by atoms with Crippen LogP contribution in [0.4, 0.5) is 4.79 Å². The van der Waals surface area contributed by atoms with Gasteiger partial charge in [0.05, 0.1) is 0 Å². The molecule has 2 aromatic rings. The van der Waals surface area contributed by atoms with Crippen molar-refractivity contribution in [1.82, 2.24) is 15.6 Å². The molecule has 8 nitrogen and oxygen atoms in total. The Kier molecular flexibility index (Phi) is 8.15. The number of carboxylic acid groups (broad SMARTS) is 1. The Morgan fingerprint density at radius 2 is 1.77 bits per heavy atom. The van der Waals surface area contributed by atoms with Crippen molar-refractivity contribution in [1.29, 1.82) is 0 Å². The third-order valence-corrected chi connectivity index (χ3v) is 5.13. The first kappa shape index (κ1) is 24.3. The third kappa shape index (κ3) is 7.67. The van der Waals surface area contributed by atoms with Gasteiger partial charge in [0.25, 0.3) is 0 Å². The second-order valence-electron chi connectivity index (χ2n) is 8.51. The van der Waals surface area contributed by atoms with E-state index in [1.54, 1.807) is 40.8 Å². The summed E-state index contributed by atoms with van der Waals surface area (Å²) in [6.07, 6.45) is 1.10. The quantitative estimate of drug-likeness (QED) is 0.570. The van der Waals surface area contributed by atoms with E-state index in [4.69, 9.17) is 4.74 Å².